The fraction of sp³-hybridized carbons (Fsp3) is 0.933. The van der Waals surface area contributed by atoms with Crippen molar-refractivity contribution in [2.75, 3.05) is 0 Å². The molecule has 5 nitrogen and oxygen atoms in total. The van der Waals surface area contributed by atoms with Gasteiger partial charge in [-0.2, -0.15) is 8.42 Å². The fourth-order valence-corrected chi connectivity index (χ4v) is 2.52. The molecular formula is C15H30O5S. The number of ketones is 1. The molecule has 0 aliphatic rings. The molecule has 0 saturated heterocycles. The highest BCUT2D eigenvalue weighted by molar-refractivity contribution is 7.87. The molecule has 0 amide bonds. The van der Waals surface area contributed by atoms with Crippen LogP contribution in [-0.2, 0) is 14.9 Å². The molecule has 21 heavy (non-hydrogen) atoms. The summed E-state index contributed by atoms with van der Waals surface area (Å²) >= 11 is 0. The summed E-state index contributed by atoms with van der Waals surface area (Å²) in [6.07, 6.45) is 9.91. The van der Waals surface area contributed by atoms with E-state index < -0.39 is 21.5 Å². The monoisotopic (exact) mass is 322 g/mol. The molecule has 0 aliphatic heterocycles. The van der Waals surface area contributed by atoms with Gasteiger partial charge < -0.3 is 5.11 Å². The van der Waals surface area contributed by atoms with Gasteiger partial charge in [-0.15, -0.1) is 0 Å². The Kier molecular flexibility index (Phi) is 10.1. The van der Waals surface area contributed by atoms with E-state index in [1.807, 2.05) is 0 Å². The molecule has 0 aromatic heterocycles. The van der Waals surface area contributed by atoms with Crippen LogP contribution in [0, 0.1) is 0 Å². The van der Waals surface area contributed by atoms with E-state index in [0.717, 1.165) is 19.8 Å². The number of carbonyl (C=O) groups is 1. The Morgan fingerprint density at radius 2 is 1.38 bits per heavy atom. The number of carbonyl (C=O) groups excluding carboxylic acids is 1. The summed E-state index contributed by atoms with van der Waals surface area (Å²) in [5.41, 5.74) is 0. The van der Waals surface area contributed by atoms with E-state index in [0.29, 0.717) is 6.42 Å². The molecule has 0 aromatic carbocycles. The highest BCUT2D eigenvalue weighted by Gasteiger charge is 2.37. The Morgan fingerprint density at radius 1 is 0.952 bits per heavy atom. The maximum Gasteiger partial charge on any atom is 0.295 e. The minimum atomic E-state index is -4.61. The summed E-state index contributed by atoms with van der Waals surface area (Å²) in [6.45, 7) is 3.13. The third kappa shape index (κ3) is 9.98. The van der Waals surface area contributed by atoms with E-state index >= 15 is 0 Å². The van der Waals surface area contributed by atoms with Crippen molar-refractivity contribution in [2.24, 2.45) is 0 Å². The molecular weight excluding hydrogens is 292 g/mol. The Morgan fingerprint density at radius 3 is 1.81 bits per heavy atom. The van der Waals surface area contributed by atoms with E-state index in [4.69, 9.17) is 4.55 Å². The van der Waals surface area contributed by atoms with Crippen molar-refractivity contribution < 1.29 is 22.9 Å². The molecule has 0 radical (unpaired) electrons. The van der Waals surface area contributed by atoms with Crippen LogP contribution in [0.1, 0.15) is 84.5 Å². The summed E-state index contributed by atoms with van der Waals surface area (Å²) < 4.78 is 30.5. The second kappa shape index (κ2) is 10.3. The third-order valence-electron chi connectivity index (χ3n) is 3.64. The van der Waals surface area contributed by atoms with Crippen LogP contribution >= 0.6 is 0 Å². The number of unbranched alkanes of at least 4 members (excludes halogenated alkanes) is 8. The van der Waals surface area contributed by atoms with Crippen LogP contribution in [0.5, 0.6) is 0 Å². The van der Waals surface area contributed by atoms with Gasteiger partial charge in [0.25, 0.3) is 10.1 Å². The number of aliphatic hydroxyl groups is 1. The van der Waals surface area contributed by atoms with Gasteiger partial charge >= 0.3 is 0 Å². The predicted octanol–water partition coefficient (Wildman–Crippen LogP) is 3.46. The fourth-order valence-electron chi connectivity index (χ4n) is 2.18. The molecule has 2 N–H and O–H groups in total. The van der Waals surface area contributed by atoms with Crippen LogP contribution in [0.4, 0.5) is 0 Å². The summed E-state index contributed by atoms with van der Waals surface area (Å²) in [6, 6.07) is 0. The van der Waals surface area contributed by atoms with Gasteiger partial charge in [0.1, 0.15) is 5.78 Å². The van der Waals surface area contributed by atoms with Gasteiger partial charge in [-0.05, 0) is 13.3 Å². The zero-order chi connectivity index (χ0) is 16.4. The highest BCUT2D eigenvalue weighted by Crippen LogP contribution is 2.19. The molecule has 1 unspecified atom stereocenters. The summed E-state index contributed by atoms with van der Waals surface area (Å²) in [4.78, 5) is 9.21. The van der Waals surface area contributed by atoms with E-state index in [1.165, 1.54) is 38.5 Å². The molecule has 0 heterocycles. The third-order valence-corrected chi connectivity index (χ3v) is 4.90. The average molecular weight is 322 g/mol. The zero-order valence-electron chi connectivity index (χ0n) is 13.3. The normalized spacial score (nSPS) is 14.9. The Balaban J connectivity index is 3.64. The number of rotatable bonds is 13. The van der Waals surface area contributed by atoms with Crippen LogP contribution < -0.4 is 0 Å². The highest BCUT2D eigenvalue weighted by atomic mass is 32.2. The largest absolute Gasteiger partial charge is 0.372 e. The van der Waals surface area contributed by atoms with Crippen molar-refractivity contribution in [3.8, 4) is 0 Å². The molecule has 0 aliphatic carbocycles. The Hall–Kier alpha value is -0.460. The Labute approximate surface area is 128 Å². The standard InChI is InChI=1S/C15H30O5S/c1-3-4-5-6-7-8-9-10-11-12-14(16)13-15(2,17)21(18,19)20/h17H,3-13H2,1-2H3,(H,18,19,20). The van der Waals surface area contributed by atoms with Gasteiger partial charge in [-0.3, -0.25) is 9.35 Å². The van der Waals surface area contributed by atoms with Crippen molar-refractivity contribution in [3.63, 3.8) is 0 Å². The van der Waals surface area contributed by atoms with Crippen molar-refractivity contribution in [1.29, 1.82) is 0 Å². The first-order chi connectivity index (χ1) is 9.70. The maximum atomic E-state index is 11.6. The van der Waals surface area contributed by atoms with E-state index in [2.05, 4.69) is 6.92 Å². The van der Waals surface area contributed by atoms with E-state index in [-0.39, 0.29) is 12.2 Å². The molecule has 0 bridgehead atoms. The summed E-state index contributed by atoms with van der Waals surface area (Å²) in [5, 5.41) is 9.51. The quantitative estimate of drug-likeness (QED) is 0.400. The molecule has 0 saturated carbocycles. The van der Waals surface area contributed by atoms with Gasteiger partial charge in [0.2, 0.25) is 0 Å². The molecule has 6 heteroatoms. The minimum Gasteiger partial charge on any atom is -0.372 e. The molecule has 0 spiro atoms. The lowest BCUT2D eigenvalue weighted by Crippen LogP contribution is -2.37. The topological polar surface area (TPSA) is 91.7 Å². The van der Waals surface area contributed by atoms with E-state index in [1.54, 1.807) is 0 Å². The zero-order valence-corrected chi connectivity index (χ0v) is 14.1. The van der Waals surface area contributed by atoms with Gasteiger partial charge in [0.15, 0.2) is 4.93 Å². The lowest BCUT2D eigenvalue weighted by atomic mass is 10.0. The molecule has 0 rings (SSSR count). The minimum absolute atomic E-state index is 0.251. The van der Waals surface area contributed by atoms with Crippen molar-refractivity contribution >= 4 is 15.9 Å². The first-order valence-electron chi connectivity index (χ1n) is 7.92. The number of hydrogen-bond donors (Lipinski definition) is 2. The smallest absolute Gasteiger partial charge is 0.295 e. The van der Waals surface area contributed by atoms with Crippen LogP contribution in [0.25, 0.3) is 0 Å². The molecule has 126 valence electrons. The van der Waals surface area contributed by atoms with Gasteiger partial charge in [-0.1, -0.05) is 58.3 Å². The Bertz CT molecular complexity index is 387. The summed E-state index contributed by atoms with van der Waals surface area (Å²) in [5.74, 6) is -0.333. The second-order valence-corrected chi connectivity index (χ2v) is 7.77. The SMILES string of the molecule is CCCCCCCCCCCC(=O)CC(C)(O)S(=O)(=O)O. The van der Waals surface area contributed by atoms with Crippen molar-refractivity contribution in [3.05, 3.63) is 0 Å². The first kappa shape index (κ1) is 20.5. The van der Waals surface area contributed by atoms with Crippen LogP contribution in [0.2, 0.25) is 0 Å². The predicted molar refractivity (Wildman–Crippen MR) is 83.6 cm³/mol. The van der Waals surface area contributed by atoms with Gasteiger partial charge in [0.05, 0.1) is 6.42 Å². The number of Topliss-reactive ketones (excluding diaryl/α,β-unsaturated/α-hetero) is 1. The summed E-state index contributed by atoms with van der Waals surface area (Å²) in [7, 11) is -4.61. The van der Waals surface area contributed by atoms with E-state index in [9.17, 15) is 18.3 Å². The van der Waals surface area contributed by atoms with Crippen LogP contribution in [-0.4, -0.2) is 28.8 Å². The van der Waals surface area contributed by atoms with Gasteiger partial charge in [-0.25, -0.2) is 0 Å². The second-order valence-electron chi connectivity index (χ2n) is 5.94. The van der Waals surface area contributed by atoms with Crippen LogP contribution in [0.15, 0.2) is 0 Å². The lowest BCUT2D eigenvalue weighted by Gasteiger charge is -2.18. The van der Waals surface area contributed by atoms with Gasteiger partial charge in [0, 0.05) is 6.42 Å². The molecule has 1 atom stereocenters. The molecule has 0 aromatic rings. The first-order valence-corrected chi connectivity index (χ1v) is 9.36. The van der Waals surface area contributed by atoms with Crippen molar-refractivity contribution in [2.45, 2.75) is 89.4 Å². The molecule has 0 fully saturated rings. The number of hydrogen-bond acceptors (Lipinski definition) is 4. The maximum absolute atomic E-state index is 11.6. The average Bonchev–Trinajstić information content (AvgIpc) is 2.35. The lowest BCUT2D eigenvalue weighted by molar-refractivity contribution is -0.121. The van der Waals surface area contributed by atoms with Crippen LogP contribution in [0.3, 0.4) is 0 Å². The van der Waals surface area contributed by atoms with Crippen molar-refractivity contribution in [1.82, 2.24) is 0 Å².